The number of rotatable bonds is 5. The number of benzene rings is 2. The van der Waals surface area contributed by atoms with Crippen molar-refractivity contribution in [2.75, 3.05) is 0 Å². The molecule has 0 spiro atoms. The maximum Gasteiger partial charge on any atom is 0.166 e. The van der Waals surface area contributed by atoms with E-state index < -0.39 is 0 Å². The number of nitrogens with zero attached hydrogens (tertiary/aromatic N) is 2. The van der Waals surface area contributed by atoms with Gasteiger partial charge < -0.3 is 10.1 Å². The number of aromatic hydroxyl groups is 1. The van der Waals surface area contributed by atoms with E-state index in [4.69, 9.17) is 4.98 Å². The van der Waals surface area contributed by atoms with Crippen molar-refractivity contribution >= 4 is 11.8 Å². The number of phenols is 1. The molecule has 6 heteroatoms. The molecule has 0 unspecified atom stereocenters. The quantitative estimate of drug-likeness (QED) is 0.465. The highest BCUT2D eigenvalue weighted by atomic mass is 32.2. The van der Waals surface area contributed by atoms with Crippen LogP contribution >= 0.6 is 11.8 Å². The molecule has 2 N–H and O–H groups in total. The predicted molar refractivity (Wildman–Crippen MR) is 105 cm³/mol. The van der Waals surface area contributed by atoms with E-state index in [-0.39, 0.29) is 11.6 Å². The van der Waals surface area contributed by atoms with E-state index in [0.717, 1.165) is 33.2 Å². The molecule has 27 heavy (non-hydrogen) atoms. The van der Waals surface area contributed by atoms with Crippen molar-refractivity contribution in [3.63, 3.8) is 0 Å². The van der Waals surface area contributed by atoms with Gasteiger partial charge in [0.1, 0.15) is 11.6 Å². The summed E-state index contributed by atoms with van der Waals surface area (Å²) in [5.74, 6) is 0.639. The minimum absolute atomic E-state index is 0.247. The fourth-order valence-corrected chi connectivity index (χ4v) is 3.57. The summed E-state index contributed by atoms with van der Waals surface area (Å²) < 4.78 is 13.3. The van der Waals surface area contributed by atoms with E-state index in [1.807, 2.05) is 24.3 Å². The van der Waals surface area contributed by atoms with E-state index in [0.29, 0.717) is 5.75 Å². The first-order valence-corrected chi connectivity index (χ1v) is 9.34. The summed E-state index contributed by atoms with van der Waals surface area (Å²) in [6, 6.07) is 17.3. The Bertz CT molecular complexity index is 1050. The second-order valence-electron chi connectivity index (χ2n) is 5.97. The van der Waals surface area contributed by atoms with Gasteiger partial charge in [0.2, 0.25) is 0 Å². The molecule has 0 saturated heterocycles. The number of H-pyrrole nitrogens is 1. The Kier molecular flexibility index (Phi) is 4.89. The third-order valence-electron chi connectivity index (χ3n) is 4.05. The van der Waals surface area contributed by atoms with Crippen molar-refractivity contribution in [1.29, 1.82) is 0 Å². The summed E-state index contributed by atoms with van der Waals surface area (Å²) in [7, 11) is 0. The molecule has 4 aromatic rings. The van der Waals surface area contributed by atoms with Crippen molar-refractivity contribution in [1.82, 2.24) is 15.0 Å². The molecular formula is C21H16FN3OS. The Hall–Kier alpha value is -3.12. The number of hydrogen-bond donors (Lipinski definition) is 2. The number of pyridine rings is 1. The zero-order chi connectivity index (χ0) is 18.6. The normalized spacial score (nSPS) is 10.9. The van der Waals surface area contributed by atoms with E-state index in [1.165, 1.54) is 12.1 Å². The minimum Gasteiger partial charge on any atom is -0.508 e. The maximum absolute atomic E-state index is 13.3. The smallest absolute Gasteiger partial charge is 0.166 e. The second-order valence-corrected chi connectivity index (χ2v) is 6.93. The van der Waals surface area contributed by atoms with Crippen LogP contribution in [0.4, 0.5) is 4.39 Å². The molecule has 2 heterocycles. The molecule has 4 rings (SSSR count). The number of halogens is 1. The number of thioether (sulfide) groups is 1. The molecule has 0 saturated carbocycles. The first-order chi connectivity index (χ1) is 13.2. The monoisotopic (exact) mass is 377 g/mol. The van der Waals surface area contributed by atoms with Crippen LogP contribution < -0.4 is 0 Å². The fourth-order valence-electron chi connectivity index (χ4n) is 2.76. The molecule has 2 aromatic heterocycles. The molecule has 4 nitrogen and oxygen atoms in total. The lowest BCUT2D eigenvalue weighted by Crippen LogP contribution is -1.84. The number of imidazole rings is 1. The second kappa shape index (κ2) is 7.63. The van der Waals surface area contributed by atoms with Crippen LogP contribution in [0.25, 0.3) is 22.5 Å². The standard InChI is InChI=1S/C21H16FN3OS/c22-17-6-4-15(5-7-17)19-20(16-8-10-23-11-9-16)25-21(24-19)27-13-14-2-1-3-18(26)12-14/h1-12,26H,13H2,(H,24,25). The first-order valence-electron chi connectivity index (χ1n) is 8.36. The van der Waals surface area contributed by atoms with Gasteiger partial charge in [0, 0.05) is 29.3 Å². The van der Waals surface area contributed by atoms with Gasteiger partial charge in [-0.05, 0) is 54.1 Å². The minimum atomic E-state index is -0.276. The Morgan fingerprint density at radius 3 is 2.48 bits per heavy atom. The highest BCUT2D eigenvalue weighted by molar-refractivity contribution is 7.98. The lowest BCUT2D eigenvalue weighted by Gasteiger charge is -2.02. The number of nitrogens with one attached hydrogen (secondary N) is 1. The number of phenolic OH excluding ortho intramolecular Hbond substituents is 1. The van der Waals surface area contributed by atoms with Crippen LogP contribution in [0.1, 0.15) is 5.56 Å². The molecule has 0 amide bonds. The van der Waals surface area contributed by atoms with Crippen molar-refractivity contribution in [3.8, 4) is 28.3 Å². The van der Waals surface area contributed by atoms with E-state index in [1.54, 1.807) is 48.4 Å². The molecule has 2 aromatic carbocycles. The summed E-state index contributed by atoms with van der Waals surface area (Å²) in [6.45, 7) is 0. The van der Waals surface area contributed by atoms with Crippen molar-refractivity contribution < 1.29 is 9.50 Å². The predicted octanol–water partition coefficient (Wildman–Crippen LogP) is 5.28. The fraction of sp³-hybridized carbons (Fsp3) is 0.0476. The summed E-state index contributed by atoms with van der Waals surface area (Å²) >= 11 is 1.54. The molecule has 0 bridgehead atoms. The molecule has 0 fully saturated rings. The SMILES string of the molecule is Oc1cccc(CSc2nc(-c3ccncc3)c(-c3ccc(F)cc3)[nH]2)c1. The molecule has 134 valence electrons. The molecule has 0 atom stereocenters. The summed E-state index contributed by atoms with van der Waals surface area (Å²) in [4.78, 5) is 12.1. The molecule has 0 radical (unpaired) electrons. The summed E-state index contributed by atoms with van der Waals surface area (Å²) in [6.07, 6.45) is 3.44. The maximum atomic E-state index is 13.3. The summed E-state index contributed by atoms with van der Waals surface area (Å²) in [5.41, 5.74) is 4.43. The van der Waals surface area contributed by atoms with Crippen molar-refractivity contribution in [2.24, 2.45) is 0 Å². The number of hydrogen-bond acceptors (Lipinski definition) is 4. The Labute approximate surface area is 160 Å². The van der Waals surface area contributed by atoms with Crippen LogP contribution in [0.3, 0.4) is 0 Å². The van der Waals surface area contributed by atoms with Crippen LogP contribution in [-0.4, -0.2) is 20.1 Å². The topological polar surface area (TPSA) is 61.8 Å². The number of aromatic amines is 1. The van der Waals surface area contributed by atoms with Gasteiger partial charge in [-0.2, -0.15) is 0 Å². The van der Waals surface area contributed by atoms with Gasteiger partial charge in [-0.15, -0.1) is 0 Å². The van der Waals surface area contributed by atoms with E-state index in [9.17, 15) is 9.50 Å². The van der Waals surface area contributed by atoms with Gasteiger partial charge in [-0.1, -0.05) is 23.9 Å². The van der Waals surface area contributed by atoms with Gasteiger partial charge in [0.25, 0.3) is 0 Å². The third-order valence-corrected chi connectivity index (χ3v) is 5.00. The first kappa shape index (κ1) is 17.3. The zero-order valence-corrected chi connectivity index (χ0v) is 15.1. The number of aromatic nitrogens is 3. The summed E-state index contributed by atoms with van der Waals surface area (Å²) in [5, 5.41) is 10.4. The Morgan fingerprint density at radius 1 is 0.963 bits per heavy atom. The van der Waals surface area contributed by atoms with Gasteiger partial charge >= 0.3 is 0 Å². The lowest BCUT2D eigenvalue weighted by atomic mass is 10.1. The van der Waals surface area contributed by atoms with Crippen molar-refractivity contribution in [3.05, 3.63) is 84.4 Å². The zero-order valence-electron chi connectivity index (χ0n) is 14.3. The molecule has 0 aliphatic rings. The largest absolute Gasteiger partial charge is 0.508 e. The molecule has 0 aliphatic heterocycles. The van der Waals surface area contributed by atoms with Gasteiger partial charge in [-0.3, -0.25) is 4.98 Å². The van der Waals surface area contributed by atoms with Gasteiger partial charge in [0.15, 0.2) is 5.16 Å². The van der Waals surface area contributed by atoms with E-state index in [2.05, 4.69) is 9.97 Å². The molecule has 0 aliphatic carbocycles. The average molecular weight is 377 g/mol. The molecular weight excluding hydrogens is 361 g/mol. The van der Waals surface area contributed by atoms with Crippen LogP contribution in [0.15, 0.2) is 78.2 Å². The Morgan fingerprint density at radius 2 is 1.74 bits per heavy atom. The highest BCUT2D eigenvalue weighted by Gasteiger charge is 2.15. The van der Waals surface area contributed by atoms with Gasteiger partial charge in [-0.25, -0.2) is 9.37 Å². The lowest BCUT2D eigenvalue weighted by molar-refractivity contribution is 0.475. The highest BCUT2D eigenvalue weighted by Crippen LogP contribution is 2.33. The van der Waals surface area contributed by atoms with Crippen LogP contribution in [0, 0.1) is 5.82 Å². The van der Waals surface area contributed by atoms with Gasteiger partial charge in [0.05, 0.1) is 11.4 Å². The average Bonchev–Trinajstić information content (AvgIpc) is 3.12. The van der Waals surface area contributed by atoms with Crippen LogP contribution in [-0.2, 0) is 5.75 Å². The third kappa shape index (κ3) is 4.01. The van der Waals surface area contributed by atoms with Crippen LogP contribution in [0.2, 0.25) is 0 Å². The Balaban J connectivity index is 1.68. The van der Waals surface area contributed by atoms with E-state index >= 15 is 0 Å². The van der Waals surface area contributed by atoms with Crippen LogP contribution in [0.5, 0.6) is 5.75 Å². The van der Waals surface area contributed by atoms with Crippen molar-refractivity contribution in [2.45, 2.75) is 10.9 Å².